The summed E-state index contributed by atoms with van der Waals surface area (Å²) in [6.45, 7) is 7.22. The van der Waals surface area contributed by atoms with Gasteiger partial charge in [0.2, 0.25) is 5.95 Å². The lowest BCUT2D eigenvalue weighted by atomic mass is 10.1. The lowest BCUT2D eigenvalue weighted by Gasteiger charge is -2.10. The fourth-order valence-electron chi connectivity index (χ4n) is 2.49. The number of nitrogen functional groups attached to an aromatic ring is 1. The summed E-state index contributed by atoms with van der Waals surface area (Å²) in [7, 11) is 0. The molecule has 4 N–H and O–H groups in total. The van der Waals surface area contributed by atoms with E-state index >= 15 is 0 Å². The number of nitrogens with one attached hydrogen (secondary N) is 2. The van der Waals surface area contributed by atoms with Gasteiger partial charge in [-0.15, -0.1) is 10.2 Å². The van der Waals surface area contributed by atoms with Gasteiger partial charge in [-0.25, -0.2) is 4.79 Å². The molecule has 0 radical (unpaired) electrons. The van der Waals surface area contributed by atoms with Gasteiger partial charge in [-0.3, -0.25) is 4.40 Å². The molecule has 7 heteroatoms. The van der Waals surface area contributed by atoms with Gasteiger partial charge in [-0.1, -0.05) is 37.4 Å². The first-order valence-electron chi connectivity index (χ1n) is 7.85. The lowest BCUT2D eigenvalue weighted by molar-refractivity contribution is 0.254. The van der Waals surface area contributed by atoms with E-state index in [4.69, 9.17) is 5.73 Å². The van der Waals surface area contributed by atoms with Gasteiger partial charge >= 0.3 is 6.03 Å². The van der Waals surface area contributed by atoms with E-state index in [0.717, 1.165) is 11.3 Å². The number of carbonyl (C=O) groups is 1. The minimum Gasteiger partial charge on any atom is -0.368 e. The largest absolute Gasteiger partial charge is 0.368 e. The normalized spacial score (nSPS) is 11.2. The predicted octanol–water partition coefficient (Wildman–Crippen LogP) is 3.36. The number of benzene rings is 1. The summed E-state index contributed by atoms with van der Waals surface area (Å²) < 4.78 is 1.77. The number of nitrogens with two attached hydrogens (primary N) is 1. The molecular formula is C19H18N6O. The van der Waals surface area contributed by atoms with Gasteiger partial charge in [0.1, 0.15) is 0 Å². The Morgan fingerprint density at radius 2 is 1.88 bits per heavy atom. The van der Waals surface area contributed by atoms with E-state index in [1.807, 2.05) is 30.3 Å². The summed E-state index contributed by atoms with van der Waals surface area (Å²) in [5, 5.41) is 13.3. The summed E-state index contributed by atoms with van der Waals surface area (Å²) >= 11 is 0. The predicted molar refractivity (Wildman–Crippen MR) is 103 cm³/mol. The van der Waals surface area contributed by atoms with E-state index in [0.29, 0.717) is 23.0 Å². The summed E-state index contributed by atoms with van der Waals surface area (Å²) in [6.07, 6.45) is 4.76. The molecule has 0 aliphatic heterocycles. The van der Waals surface area contributed by atoms with E-state index in [1.165, 1.54) is 6.08 Å². The van der Waals surface area contributed by atoms with E-state index in [2.05, 4.69) is 34.0 Å². The minimum atomic E-state index is -0.365. The number of fused-ring (bicyclic) bond motifs is 1. The van der Waals surface area contributed by atoms with Crippen molar-refractivity contribution in [1.29, 1.82) is 0 Å². The Hall–Kier alpha value is -3.87. The Labute approximate surface area is 150 Å². The molecule has 0 fully saturated rings. The molecule has 0 saturated heterocycles. The summed E-state index contributed by atoms with van der Waals surface area (Å²) in [6, 6.07) is 12.7. The Balaban J connectivity index is 1.79. The standard InChI is InChI=1S/C19H18N6O/c1-3-6-14(4-2)21-19(26)22-15-11-9-13(10-12-15)16-7-5-8-17-23-24-18(20)25(16)17/h3-12H,1-2H2,(H2,20,24)(H2,21,22,26)/b14-6+. The first kappa shape index (κ1) is 17.0. The smallest absolute Gasteiger partial charge is 0.323 e. The number of urea groups is 1. The molecule has 1 aromatic carbocycles. The zero-order valence-electron chi connectivity index (χ0n) is 14.0. The van der Waals surface area contributed by atoms with Crippen LogP contribution in [0.2, 0.25) is 0 Å². The van der Waals surface area contributed by atoms with Crippen LogP contribution in [0.3, 0.4) is 0 Å². The fraction of sp³-hybridized carbons (Fsp3) is 0. The van der Waals surface area contributed by atoms with Crippen molar-refractivity contribution >= 4 is 23.3 Å². The molecule has 0 atom stereocenters. The Morgan fingerprint density at radius 3 is 2.58 bits per heavy atom. The molecule has 2 heterocycles. The van der Waals surface area contributed by atoms with Gasteiger partial charge in [0.25, 0.3) is 0 Å². The Kier molecular flexibility index (Phi) is 4.80. The first-order valence-corrected chi connectivity index (χ1v) is 7.85. The second-order valence-corrected chi connectivity index (χ2v) is 5.38. The summed E-state index contributed by atoms with van der Waals surface area (Å²) in [5.41, 5.74) is 9.57. The third kappa shape index (κ3) is 3.46. The topological polar surface area (TPSA) is 97.3 Å². The number of hydrogen-bond donors (Lipinski definition) is 3. The highest BCUT2D eigenvalue weighted by Crippen LogP contribution is 2.23. The average molecular weight is 346 g/mol. The number of anilines is 2. The van der Waals surface area contributed by atoms with E-state index in [-0.39, 0.29) is 6.03 Å². The van der Waals surface area contributed by atoms with Crippen molar-refractivity contribution in [3.05, 3.63) is 79.5 Å². The molecule has 0 unspecified atom stereocenters. The molecule has 7 nitrogen and oxygen atoms in total. The second kappa shape index (κ2) is 7.35. The molecule has 0 spiro atoms. The zero-order valence-corrected chi connectivity index (χ0v) is 14.0. The quantitative estimate of drug-likeness (QED) is 0.617. The van der Waals surface area contributed by atoms with Crippen LogP contribution in [0.1, 0.15) is 0 Å². The number of aromatic nitrogens is 3. The minimum absolute atomic E-state index is 0.322. The maximum Gasteiger partial charge on any atom is 0.323 e. The summed E-state index contributed by atoms with van der Waals surface area (Å²) in [4.78, 5) is 12.0. The summed E-state index contributed by atoms with van der Waals surface area (Å²) in [5.74, 6) is 0.322. The van der Waals surface area contributed by atoms with Gasteiger partial charge in [-0.05, 0) is 42.0 Å². The number of hydrogen-bond acceptors (Lipinski definition) is 4. The van der Waals surface area contributed by atoms with Crippen LogP contribution in [-0.4, -0.2) is 20.6 Å². The molecule has 26 heavy (non-hydrogen) atoms. The number of pyridine rings is 1. The monoisotopic (exact) mass is 346 g/mol. The number of amides is 2. The van der Waals surface area contributed by atoms with Crippen molar-refractivity contribution in [2.45, 2.75) is 0 Å². The molecule has 2 aromatic heterocycles. The number of rotatable bonds is 5. The highest BCUT2D eigenvalue weighted by atomic mass is 16.2. The SMILES string of the molecule is C=C/C=C(\C=C)NC(=O)Nc1ccc(-c2cccc3nnc(N)n23)cc1. The van der Waals surface area contributed by atoms with Crippen LogP contribution in [0, 0.1) is 0 Å². The Morgan fingerprint density at radius 1 is 1.12 bits per heavy atom. The van der Waals surface area contributed by atoms with Crippen LogP contribution in [0.25, 0.3) is 16.9 Å². The molecule has 0 aliphatic carbocycles. The third-order valence-corrected chi connectivity index (χ3v) is 3.67. The molecular weight excluding hydrogens is 328 g/mol. The Bertz CT molecular complexity index is 1000. The highest BCUT2D eigenvalue weighted by Gasteiger charge is 2.09. The molecule has 3 rings (SSSR count). The third-order valence-electron chi connectivity index (χ3n) is 3.67. The number of allylic oxidation sites excluding steroid dienone is 3. The molecule has 3 aromatic rings. The van der Waals surface area contributed by atoms with Crippen LogP contribution in [0.15, 0.2) is 79.5 Å². The van der Waals surface area contributed by atoms with Crippen LogP contribution >= 0.6 is 0 Å². The average Bonchev–Trinajstić information content (AvgIpc) is 3.03. The zero-order chi connectivity index (χ0) is 18.5. The van der Waals surface area contributed by atoms with Crippen molar-refractivity contribution in [2.24, 2.45) is 0 Å². The molecule has 0 saturated carbocycles. The maximum atomic E-state index is 12.0. The maximum absolute atomic E-state index is 12.0. The van der Waals surface area contributed by atoms with Crippen LogP contribution in [0.4, 0.5) is 16.4 Å². The van der Waals surface area contributed by atoms with Crippen molar-refractivity contribution in [1.82, 2.24) is 19.9 Å². The van der Waals surface area contributed by atoms with E-state index in [9.17, 15) is 4.79 Å². The van der Waals surface area contributed by atoms with Crippen molar-refractivity contribution in [3.63, 3.8) is 0 Å². The van der Waals surface area contributed by atoms with Crippen LogP contribution in [-0.2, 0) is 0 Å². The van der Waals surface area contributed by atoms with Crippen molar-refractivity contribution < 1.29 is 4.79 Å². The van der Waals surface area contributed by atoms with E-state index < -0.39 is 0 Å². The number of nitrogens with zero attached hydrogens (tertiary/aromatic N) is 3. The van der Waals surface area contributed by atoms with E-state index in [1.54, 1.807) is 28.7 Å². The molecule has 2 amide bonds. The van der Waals surface area contributed by atoms with Crippen LogP contribution < -0.4 is 16.4 Å². The molecule has 0 aliphatic rings. The van der Waals surface area contributed by atoms with Gasteiger partial charge in [0.15, 0.2) is 5.65 Å². The number of carbonyl (C=O) groups excluding carboxylic acids is 1. The van der Waals surface area contributed by atoms with Gasteiger partial charge in [0, 0.05) is 11.4 Å². The molecule has 130 valence electrons. The van der Waals surface area contributed by atoms with Crippen molar-refractivity contribution in [3.8, 4) is 11.3 Å². The van der Waals surface area contributed by atoms with Crippen molar-refractivity contribution in [2.75, 3.05) is 11.1 Å². The molecule has 0 bridgehead atoms. The second-order valence-electron chi connectivity index (χ2n) is 5.38. The van der Waals surface area contributed by atoms with Crippen LogP contribution in [0.5, 0.6) is 0 Å². The van der Waals surface area contributed by atoms with Gasteiger partial charge in [-0.2, -0.15) is 0 Å². The van der Waals surface area contributed by atoms with Gasteiger partial charge in [0.05, 0.1) is 5.69 Å². The van der Waals surface area contributed by atoms with Gasteiger partial charge < -0.3 is 16.4 Å². The highest BCUT2D eigenvalue weighted by molar-refractivity contribution is 5.91. The lowest BCUT2D eigenvalue weighted by Crippen LogP contribution is -2.27. The first-order chi connectivity index (χ1) is 12.6. The fourth-order valence-corrected chi connectivity index (χ4v) is 2.49.